The molecule has 2 aliphatic rings. The molecule has 96 valence electrons. The summed E-state index contributed by atoms with van der Waals surface area (Å²) in [6, 6.07) is 4.90. The van der Waals surface area contributed by atoms with Crippen LogP contribution < -0.4 is 10.2 Å². The van der Waals surface area contributed by atoms with Crippen LogP contribution in [0.2, 0.25) is 0 Å². The van der Waals surface area contributed by atoms with Crippen LogP contribution in [0.3, 0.4) is 0 Å². The molecule has 4 heteroatoms. The maximum Gasteiger partial charge on any atom is 0.151 e. The lowest BCUT2D eigenvalue weighted by molar-refractivity contribution is 0.662. The summed E-state index contributed by atoms with van der Waals surface area (Å²) < 4.78 is 0. The average molecular weight is 244 g/mol. The van der Waals surface area contributed by atoms with Gasteiger partial charge in [0.15, 0.2) is 5.82 Å². The quantitative estimate of drug-likeness (QED) is 0.821. The molecule has 0 radical (unpaired) electrons. The van der Waals surface area contributed by atoms with Gasteiger partial charge in [0.1, 0.15) is 0 Å². The average Bonchev–Trinajstić information content (AvgIpc) is 3.21. The highest BCUT2D eigenvalue weighted by atomic mass is 15.3. The number of hydrogen-bond acceptors (Lipinski definition) is 4. The molecule has 4 nitrogen and oxygen atoms in total. The normalized spacial score (nSPS) is 19.8. The molecule has 1 aliphatic carbocycles. The molecule has 3 rings (SSSR count). The molecule has 1 N–H and O–H groups in total. The Labute approximate surface area is 108 Å². The third kappa shape index (κ3) is 2.88. The van der Waals surface area contributed by atoms with Crippen LogP contribution in [0.25, 0.3) is 0 Å². The van der Waals surface area contributed by atoms with Gasteiger partial charge in [-0.1, -0.05) is 11.6 Å². The Morgan fingerprint density at radius 2 is 2.22 bits per heavy atom. The van der Waals surface area contributed by atoms with Gasteiger partial charge in [-0.2, -0.15) is 5.10 Å². The van der Waals surface area contributed by atoms with E-state index in [0.717, 1.165) is 43.6 Å². The van der Waals surface area contributed by atoms with Crippen molar-refractivity contribution in [3.8, 4) is 0 Å². The lowest BCUT2D eigenvalue weighted by Crippen LogP contribution is -2.30. The molecule has 2 heterocycles. The van der Waals surface area contributed by atoms with E-state index in [1.54, 1.807) is 0 Å². The van der Waals surface area contributed by atoms with Crippen LogP contribution in [-0.4, -0.2) is 29.3 Å². The Kier molecular flexibility index (Phi) is 3.28. The first-order valence-electron chi connectivity index (χ1n) is 6.78. The van der Waals surface area contributed by atoms with Gasteiger partial charge in [0.25, 0.3) is 0 Å². The van der Waals surface area contributed by atoms with Gasteiger partial charge in [-0.15, -0.1) is 5.10 Å². The molecule has 0 atom stereocenters. The van der Waals surface area contributed by atoms with Gasteiger partial charge in [0, 0.05) is 25.7 Å². The van der Waals surface area contributed by atoms with Crippen LogP contribution in [0.15, 0.2) is 23.8 Å². The highest BCUT2D eigenvalue weighted by Crippen LogP contribution is 2.19. The minimum Gasteiger partial charge on any atom is -0.351 e. The van der Waals surface area contributed by atoms with Gasteiger partial charge in [0.2, 0.25) is 0 Å². The van der Waals surface area contributed by atoms with E-state index >= 15 is 0 Å². The summed E-state index contributed by atoms with van der Waals surface area (Å²) in [7, 11) is 0. The van der Waals surface area contributed by atoms with Crippen LogP contribution in [-0.2, 0) is 6.54 Å². The molecule has 1 saturated carbocycles. The Morgan fingerprint density at radius 1 is 1.33 bits per heavy atom. The molecule has 1 fully saturated rings. The second kappa shape index (κ2) is 5.06. The van der Waals surface area contributed by atoms with Crippen molar-refractivity contribution in [2.45, 2.75) is 38.8 Å². The Balaban J connectivity index is 1.61. The van der Waals surface area contributed by atoms with E-state index in [1.807, 2.05) is 0 Å². The maximum absolute atomic E-state index is 4.34. The van der Waals surface area contributed by atoms with Crippen molar-refractivity contribution in [3.05, 3.63) is 29.5 Å². The van der Waals surface area contributed by atoms with E-state index in [-0.39, 0.29) is 0 Å². The second-order valence-corrected chi connectivity index (χ2v) is 5.30. The Bertz CT molecular complexity index is 434. The molecule has 1 aliphatic heterocycles. The lowest BCUT2D eigenvalue weighted by Gasteiger charge is -2.26. The number of nitrogens with zero attached hydrogens (tertiary/aromatic N) is 3. The minimum atomic E-state index is 0.723. The van der Waals surface area contributed by atoms with Gasteiger partial charge in [0.05, 0.1) is 5.69 Å². The number of rotatable bonds is 4. The third-order valence-electron chi connectivity index (χ3n) is 3.51. The van der Waals surface area contributed by atoms with Gasteiger partial charge in [-0.05, 0) is 38.3 Å². The second-order valence-electron chi connectivity index (χ2n) is 5.30. The zero-order chi connectivity index (χ0) is 12.4. The SMILES string of the molecule is CC1=CCCN(c2ccc(CNC3CC3)nn2)C1. The topological polar surface area (TPSA) is 41.0 Å². The fraction of sp³-hybridized carbons (Fsp3) is 0.571. The molecule has 18 heavy (non-hydrogen) atoms. The zero-order valence-corrected chi connectivity index (χ0v) is 10.9. The molecule has 0 bridgehead atoms. The smallest absolute Gasteiger partial charge is 0.151 e. The minimum absolute atomic E-state index is 0.723. The van der Waals surface area contributed by atoms with E-state index in [9.17, 15) is 0 Å². The van der Waals surface area contributed by atoms with E-state index < -0.39 is 0 Å². The van der Waals surface area contributed by atoms with Gasteiger partial charge in [-0.25, -0.2) is 0 Å². The highest BCUT2D eigenvalue weighted by Gasteiger charge is 2.20. The number of aromatic nitrogens is 2. The summed E-state index contributed by atoms with van der Waals surface area (Å²) in [4.78, 5) is 2.29. The van der Waals surface area contributed by atoms with Gasteiger partial charge >= 0.3 is 0 Å². The van der Waals surface area contributed by atoms with Crippen molar-refractivity contribution in [1.82, 2.24) is 15.5 Å². The van der Waals surface area contributed by atoms with E-state index in [4.69, 9.17) is 0 Å². The fourth-order valence-corrected chi connectivity index (χ4v) is 2.26. The Morgan fingerprint density at radius 3 is 2.89 bits per heavy atom. The first kappa shape index (κ1) is 11.7. The standard InChI is InChI=1S/C14H20N4/c1-11-3-2-8-18(10-11)14-7-6-13(16-17-14)9-15-12-4-5-12/h3,6-7,12,15H,2,4-5,8-10H2,1H3. The summed E-state index contributed by atoms with van der Waals surface area (Å²) in [6.07, 6.45) is 6.03. The van der Waals surface area contributed by atoms with Gasteiger partial charge < -0.3 is 10.2 Å². The summed E-state index contributed by atoms with van der Waals surface area (Å²) in [5.74, 6) is 0.998. The Hall–Kier alpha value is -1.42. The molecular weight excluding hydrogens is 224 g/mol. The van der Waals surface area contributed by atoms with Crippen LogP contribution in [0, 0.1) is 0 Å². The van der Waals surface area contributed by atoms with Gasteiger partial charge in [-0.3, -0.25) is 0 Å². The maximum atomic E-state index is 4.34. The zero-order valence-electron chi connectivity index (χ0n) is 10.9. The molecule has 0 saturated heterocycles. The van der Waals surface area contributed by atoms with Crippen molar-refractivity contribution in [3.63, 3.8) is 0 Å². The van der Waals surface area contributed by atoms with Crippen LogP contribution in [0.5, 0.6) is 0 Å². The number of nitrogens with one attached hydrogen (secondary N) is 1. The lowest BCUT2D eigenvalue weighted by atomic mass is 10.1. The first-order chi connectivity index (χ1) is 8.81. The molecule has 0 unspecified atom stereocenters. The predicted molar refractivity (Wildman–Crippen MR) is 72.5 cm³/mol. The molecule has 0 spiro atoms. The van der Waals surface area contributed by atoms with Crippen LogP contribution in [0.4, 0.5) is 5.82 Å². The van der Waals surface area contributed by atoms with Crippen molar-refractivity contribution < 1.29 is 0 Å². The molecule has 1 aromatic heterocycles. The van der Waals surface area contributed by atoms with E-state index in [1.165, 1.54) is 18.4 Å². The van der Waals surface area contributed by atoms with Crippen molar-refractivity contribution in [2.24, 2.45) is 0 Å². The molecule has 0 aromatic carbocycles. The fourth-order valence-electron chi connectivity index (χ4n) is 2.26. The van der Waals surface area contributed by atoms with Crippen molar-refractivity contribution in [1.29, 1.82) is 0 Å². The van der Waals surface area contributed by atoms with Crippen LogP contribution in [0.1, 0.15) is 31.9 Å². The first-order valence-corrected chi connectivity index (χ1v) is 6.78. The summed E-state index contributed by atoms with van der Waals surface area (Å²) >= 11 is 0. The van der Waals surface area contributed by atoms with Crippen molar-refractivity contribution in [2.75, 3.05) is 18.0 Å². The summed E-state index contributed by atoms with van der Waals surface area (Å²) in [5, 5.41) is 12.1. The monoisotopic (exact) mass is 244 g/mol. The molecule has 1 aromatic rings. The van der Waals surface area contributed by atoms with Crippen LogP contribution >= 0.6 is 0 Å². The number of hydrogen-bond donors (Lipinski definition) is 1. The van der Waals surface area contributed by atoms with Crippen molar-refractivity contribution >= 4 is 5.82 Å². The van der Waals surface area contributed by atoms with E-state index in [0.29, 0.717) is 0 Å². The highest BCUT2D eigenvalue weighted by molar-refractivity contribution is 5.40. The molecular formula is C14H20N4. The largest absolute Gasteiger partial charge is 0.351 e. The third-order valence-corrected chi connectivity index (χ3v) is 3.51. The molecule has 0 amide bonds. The summed E-state index contributed by atoms with van der Waals surface area (Å²) in [5.41, 5.74) is 2.46. The predicted octanol–water partition coefficient (Wildman–Crippen LogP) is 1.89. The summed E-state index contributed by atoms with van der Waals surface area (Å²) in [6.45, 7) is 5.05. The number of anilines is 1. The van der Waals surface area contributed by atoms with E-state index in [2.05, 4.69) is 45.5 Å².